The molecule has 21 heavy (non-hydrogen) atoms. The lowest BCUT2D eigenvalue weighted by molar-refractivity contribution is 0.0691. The summed E-state index contributed by atoms with van der Waals surface area (Å²) in [5.74, 6) is -3.02. The predicted octanol–water partition coefficient (Wildman–Crippen LogP) is 2.42. The Morgan fingerprint density at radius 3 is 2.57 bits per heavy atom. The molecule has 2 rings (SSSR count). The van der Waals surface area contributed by atoms with Crippen LogP contribution in [0.4, 0.5) is 14.5 Å². The molecule has 0 saturated heterocycles. The number of aromatic nitrogens is 1. The van der Waals surface area contributed by atoms with E-state index in [1.165, 1.54) is 0 Å². The third kappa shape index (κ3) is 2.53. The maximum Gasteiger partial charge on any atom is 0.356 e. The normalized spacial score (nSPS) is 10.7. The summed E-state index contributed by atoms with van der Waals surface area (Å²) in [5, 5.41) is 8.57. The summed E-state index contributed by atoms with van der Waals surface area (Å²) in [6.07, 6.45) is 1.07. The molecule has 1 heterocycles. The molecule has 5 N–H and O–H groups in total. The first kappa shape index (κ1) is 15.1. The Kier molecular flexibility index (Phi) is 4.06. The van der Waals surface area contributed by atoms with Gasteiger partial charge in [-0.05, 0) is 12.1 Å². The minimum atomic E-state index is -1.36. The lowest BCUT2D eigenvalue weighted by Crippen LogP contribution is -2.07. The van der Waals surface area contributed by atoms with Gasteiger partial charge in [-0.25, -0.2) is 18.6 Å². The van der Waals surface area contributed by atoms with Gasteiger partial charge in [-0.15, -0.1) is 0 Å². The molecule has 0 unspecified atom stereocenters. The summed E-state index contributed by atoms with van der Waals surface area (Å²) in [6, 6.07) is 2.20. The van der Waals surface area contributed by atoms with Gasteiger partial charge in [0.2, 0.25) is 0 Å². The van der Waals surface area contributed by atoms with Gasteiger partial charge in [0.15, 0.2) is 5.69 Å². The minimum Gasteiger partial charge on any atom is -0.476 e. The van der Waals surface area contributed by atoms with Gasteiger partial charge in [-0.3, -0.25) is 0 Å². The van der Waals surface area contributed by atoms with Crippen molar-refractivity contribution in [3.05, 3.63) is 46.2 Å². The number of carbonyl (C=O) groups is 1. The molecule has 0 radical (unpaired) electrons. The zero-order chi connectivity index (χ0) is 15.7. The number of rotatable bonds is 3. The van der Waals surface area contributed by atoms with Crippen LogP contribution in [0.5, 0.6) is 0 Å². The zero-order valence-corrected chi connectivity index (χ0v) is 11.3. The molecule has 0 aliphatic carbocycles. The number of pyridine rings is 1. The van der Waals surface area contributed by atoms with E-state index in [0.29, 0.717) is 0 Å². The summed E-state index contributed by atoms with van der Waals surface area (Å²) < 4.78 is 27.7. The van der Waals surface area contributed by atoms with Crippen molar-refractivity contribution in [1.82, 2.24) is 4.98 Å². The van der Waals surface area contributed by atoms with E-state index in [0.717, 1.165) is 18.3 Å². The van der Waals surface area contributed by atoms with Crippen molar-refractivity contribution in [3.63, 3.8) is 0 Å². The Morgan fingerprint density at radius 1 is 1.33 bits per heavy atom. The molecule has 0 aliphatic heterocycles. The molecule has 2 aromatic rings. The second-order valence-electron chi connectivity index (χ2n) is 4.14. The summed E-state index contributed by atoms with van der Waals surface area (Å²) in [6.45, 7) is -0.334. The molecule has 8 heteroatoms. The number of aromatic carboxylic acids is 1. The molecule has 0 spiro atoms. The van der Waals surface area contributed by atoms with Crippen LogP contribution in [-0.2, 0) is 6.54 Å². The molecule has 0 aliphatic rings. The summed E-state index contributed by atoms with van der Waals surface area (Å²) in [7, 11) is 0. The van der Waals surface area contributed by atoms with Crippen molar-refractivity contribution in [1.29, 1.82) is 0 Å². The highest BCUT2D eigenvalue weighted by Gasteiger charge is 2.20. The van der Waals surface area contributed by atoms with Gasteiger partial charge in [0, 0.05) is 29.4 Å². The highest BCUT2D eigenvalue weighted by atomic mass is 35.5. The zero-order valence-electron chi connectivity index (χ0n) is 10.5. The van der Waals surface area contributed by atoms with Crippen LogP contribution in [0.2, 0.25) is 5.02 Å². The number of anilines is 1. The lowest BCUT2D eigenvalue weighted by Gasteiger charge is -2.12. The Morgan fingerprint density at radius 2 is 2.00 bits per heavy atom. The molecular formula is C13H10ClF2N3O2. The third-order valence-corrected chi connectivity index (χ3v) is 3.32. The predicted molar refractivity (Wildman–Crippen MR) is 73.9 cm³/mol. The summed E-state index contributed by atoms with van der Waals surface area (Å²) >= 11 is 5.81. The van der Waals surface area contributed by atoms with Crippen LogP contribution >= 0.6 is 11.6 Å². The number of nitrogens with zero attached hydrogens (tertiary/aromatic N) is 1. The average molecular weight is 314 g/mol. The van der Waals surface area contributed by atoms with Crippen LogP contribution in [0, 0.1) is 11.6 Å². The Labute approximate surface area is 123 Å². The second kappa shape index (κ2) is 5.63. The van der Waals surface area contributed by atoms with Gasteiger partial charge < -0.3 is 16.6 Å². The van der Waals surface area contributed by atoms with Gasteiger partial charge in [-0.1, -0.05) is 11.6 Å². The van der Waals surface area contributed by atoms with Crippen LogP contribution in [0.15, 0.2) is 18.3 Å². The van der Waals surface area contributed by atoms with E-state index in [-0.39, 0.29) is 33.9 Å². The van der Waals surface area contributed by atoms with E-state index in [4.69, 9.17) is 28.2 Å². The molecule has 5 nitrogen and oxygen atoms in total. The van der Waals surface area contributed by atoms with Crippen molar-refractivity contribution in [3.8, 4) is 11.1 Å². The van der Waals surface area contributed by atoms with Crippen LogP contribution in [0.1, 0.15) is 16.1 Å². The monoisotopic (exact) mass is 313 g/mol. The first-order chi connectivity index (χ1) is 9.88. The average Bonchev–Trinajstić information content (AvgIpc) is 2.43. The molecule has 0 bridgehead atoms. The van der Waals surface area contributed by atoms with Crippen LogP contribution < -0.4 is 11.5 Å². The van der Waals surface area contributed by atoms with Gasteiger partial charge in [0.25, 0.3) is 0 Å². The number of carboxylic acids is 1. The highest BCUT2D eigenvalue weighted by Crippen LogP contribution is 2.35. The van der Waals surface area contributed by atoms with Crippen molar-refractivity contribution < 1.29 is 18.7 Å². The van der Waals surface area contributed by atoms with Crippen molar-refractivity contribution in [2.45, 2.75) is 6.54 Å². The lowest BCUT2D eigenvalue weighted by atomic mass is 10.0. The fraction of sp³-hybridized carbons (Fsp3) is 0.0769. The fourth-order valence-electron chi connectivity index (χ4n) is 1.86. The minimum absolute atomic E-state index is 0.0549. The van der Waals surface area contributed by atoms with Gasteiger partial charge >= 0.3 is 5.97 Å². The smallest absolute Gasteiger partial charge is 0.356 e. The van der Waals surface area contributed by atoms with E-state index in [9.17, 15) is 13.6 Å². The van der Waals surface area contributed by atoms with Gasteiger partial charge in [-0.2, -0.15) is 0 Å². The molecule has 0 saturated carbocycles. The second-order valence-corrected chi connectivity index (χ2v) is 4.52. The van der Waals surface area contributed by atoms with E-state index in [1.807, 2.05) is 0 Å². The maximum absolute atomic E-state index is 14.2. The van der Waals surface area contributed by atoms with E-state index >= 15 is 0 Å². The largest absolute Gasteiger partial charge is 0.476 e. The van der Waals surface area contributed by atoms with Gasteiger partial charge in [0.05, 0.1) is 10.7 Å². The summed E-state index contributed by atoms with van der Waals surface area (Å²) in [4.78, 5) is 14.5. The Hall–Kier alpha value is -2.25. The molecule has 0 atom stereocenters. The van der Waals surface area contributed by atoms with Crippen molar-refractivity contribution in [2.75, 3.05) is 5.73 Å². The first-order valence-electron chi connectivity index (χ1n) is 5.73. The first-order valence-corrected chi connectivity index (χ1v) is 6.10. The van der Waals surface area contributed by atoms with Crippen LogP contribution in [-0.4, -0.2) is 16.1 Å². The fourth-order valence-corrected chi connectivity index (χ4v) is 2.09. The number of hydrogen-bond donors (Lipinski definition) is 3. The Balaban J connectivity index is 2.69. The molecule has 1 aromatic carbocycles. The van der Waals surface area contributed by atoms with Crippen molar-refractivity contribution in [2.24, 2.45) is 5.73 Å². The number of benzene rings is 1. The van der Waals surface area contributed by atoms with E-state index in [2.05, 4.69) is 4.98 Å². The number of carboxylic acid groups (broad SMARTS) is 1. The standard InChI is InChI=1S/C13H10ClF2N3O2/c14-9-11(18)7(4-19-12(9)13(20)21)5-1-2-8(15)6(3-17)10(5)16/h1-2,4H,3,17H2,(H2,18,19)(H,20,21). The molecule has 0 fully saturated rings. The Bertz CT molecular complexity index is 738. The van der Waals surface area contributed by atoms with E-state index < -0.39 is 23.3 Å². The number of halogens is 3. The quantitative estimate of drug-likeness (QED) is 0.807. The highest BCUT2D eigenvalue weighted by molar-refractivity contribution is 6.36. The van der Waals surface area contributed by atoms with E-state index in [1.54, 1.807) is 0 Å². The number of hydrogen-bond acceptors (Lipinski definition) is 4. The number of nitrogens with two attached hydrogens (primary N) is 2. The SMILES string of the molecule is NCc1c(F)ccc(-c2cnc(C(=O)O)c(Cl)c2N)c1F. The van der Waals surface area contributed by atoms with Crippen molar-refractivity contribution >= 4 is 23.3 Å². The number of nitrogen functional groups attached to an aromatic ring is 1. The molecule has 0 amide bonds. The third-order valence-electron chi connectivity index (χ3n) is 2.94. The van der Waals surface area contributed by atoms with Gasteiger partial charge in [0.1, 0.15) is 11.6 Å². The maximum atomic E-state index is 14.2. The topological polar surface area (TPSA) is 102 Å². The van der Waals surface area contributed by atoms with Crippen LogP contribution in [0.3, 0.4) is 0 Å². The van der Waals surface area contributed by atoms with Crippen LogP contribution in [0.25, 0.3) is 11.1 Å². The summed E-state index contributed by atoms with van der Waals surface area (Å²) in [5.41, 5.74) is 10.1. The molecular weight excluding hydrogens is 304 g/mol. The molecule has 110 valence electrons. The molecule has 1 aromatic heterocycles.